The maximum Gasteiger partial charge on any atom is 0.407 e. The van der Waals surface area contributed by atoms with Crippen molar-refractivity contribution in [3.8, 4) is 0 Å². The summed E-state index contributed by atoms with van der Waals surface area (Å²) in [5, 5.41) is 17.7. The Labute approximate surface area is 238 Å². The molecule has 9 nitrogen and oxygen atoms in total. The molecule has 3 saturated heterocycles. The smallest absolute Gasteiger partial charge is 0.407 e. The maximum atomic E-state index is 13.5. The number of ether oxygens (including phenoxy) is 3. The first-order chi connectivity index (χ1) is 19.2. The lowest BCUT2D eigenvalue weighted by atomic mass is 9.72. The van der Waals surface area contributed by atoms with E-state index in [1.54, 1.807) is 0 Å². The zero-order valence-corrected chi connectivity index (χ0v) is 24.2. The van der Waals surface area contributed by atoms with Gasteiger partial charge in [0.25, 0.3) is 0 Å². The van der Waals surface area contributed by atoms with Crippen LogP contribution in [0.15, 0.2) is 30.3 Å². The minimum absolute atomic E-state index is 0.0167. The molecule has 0 unspecified atom stereocenters. The van der Waals surface area contributed by atoms with Crippen molar-refractivity contribution >= 4 is 12.0 Å². The number of aliphatic hydroxyl groups is 1. The highest BCUT2D eigenvalue weighted by Crippen LogP contribution is 2.39. The minimum Gasteiger partial charge on any atom is -0.441 e. The first-order valence-corrected chi connectivity index (χ1v) is 15.1. The van der Waals surface area contributed by atoms with E-state index in [9.17, 15) is 14.7 Å². The second-order valence-corrected chi connectivity index (χ2v) is 13.2. The predicted octanol–water partition coefficient (Wildman–Crippen LogP) is 3.04. The van der Waals surface area contributed by atoms with Gasteiger partial charge in [0.05, 0.1) is 30.9 Å². The van der Waals surface area contributed by atoms with Gasteiger partial charge in [0.2, 0.25) is 5.91 Å². The van der Waals surface area contributed by atoms with Gasteiger partial charge >= 0.3 is 6.09 Å². The molecule has 1 aromatic carbocycles. The van der Waals surface area contributed by atoms with E-state index in [0.29, 0.717) is 38.0 Å². The molecule has 40 heavy (non-hydrogen) atoms. The number of rotatable bonds is 8. The normalized spacial score (nSPS) is 32.0. The SMILES string of the molecule is CC(C)(C)NC(=O)[C@@H]1C[C@@H]2CCCC[C@@H]2CN1C[C@@H](O)[C@H](Cc1ccccc1)NC(=O)O[C@@H]1CO[C@@H]2CCO[C@@H]21. The van der Waals surface area contributed by atoms with Crippen molar-refractivity contribution in [2.45, 2.75) is 108 Å². The van der Waals surface area contributed by atoms with E-state index in [1.165, 1.54) is 19.3 Å². The zero-order valence-electron chi connectivity index (χ0n) is 24.2. The largest absolute Gasteiger partial charge is 0.441 e. The number of aliphatic hydroxyl groups excluding tert-OH is 1. The Hall–Kier alpha value is -2.20. The molecule has 0 radical (unpaired) electrons. The van der Waals surface area contributed by atoms with Crippen molar-refractivity contribution in [1.29, 1.82) is 0 Å². The molecular weight excluding hydrogens is 510 g/mol. The number of alkyl carbamates (subject to hydrolysis) is 1. The van der Waals surface area contributed by atoms with Crippen molar-refractivity contribution in [3.05, 3.63) is 35.9 Å². The third-order valence-corrected chi connectivity index (χ3v) is 8.97. The minimum atomic E-state index is -0.895. The number of benzene rings is 1. The van der Waals surface area contributed by atoms with Crippen LogP contribution in [-0.4, -0.2) is 90.3 Å². The Kier molecular flexibility index (Phi) is 9.35. The molecule has 0 bridgehead atoms. The van der Waals surface area contributed by atoms with Crippen LogP contribution in [0.4, 0.5) is 4.79 Å². The summed E-state index contributed by atoms with van der Waals surface area (Å²) in [5.74, 6) is 1.09. The summed E-state index contributed by atoms with van der Waals surface area (Å²) < 4.78 is 17.2. The van der Waals surface area contributed by atoms with Gasteiger partial charge in [-0.2, -0.15) is 0 Å². The first kappa shape index (κ1) is 29.3. The van der Waals surface area contributed by atoms with Gasteiger partial charge in [-0.25, -0.2) is 4.79 Å². The summed E-state index contributed by atoms with van der Waals surface area (Å²) in [6.45, 7) is 7.99. The Morgan fingerprint density at radius 3 is 2.60 bits per heavy atom. The third-order valence-electron chi connectivity index (χ3n) is 8.97. The number of hydrogen-bond donors (Lipinski definition) is 3. The molecule has 1 saturated carbocycles. The molecule has 4 fully saturated rings. The van der Waals surface area contributed by atoms with Crippen LogP contribution in [0.25, 0.3) is 0 Å². The van der Waals surface area contributed by atoms with Crippen molar-refractivity contribution in [3.63, 3.8) is 0 Å². The van der Waals surface area contributed by atoms with E-state index < -0.39 is 24.3 Å². The third kappa shape index (κ3) is 7.35. The molecule has 1 aliphatic carbocycles. The number of carbonyl (C=O) groups excluding carboxylic acids is 2. The average molecular weight is 558 g/mol. The number of β-amino-alcohol motifs (C(OH)–C–C–N with tert-alkyl or cyclic N) is 1. The summed E-state index contributed by atoms with van der Waals surface area (Å²) in [6.07, 6.45) is 4.63. The number of nitrogens with zero attached hydrogens (tertiary/aromatic N) is 1. The molecule has 9 heteroatoms. The van der Waals surface area contributed by atoms with Crippen molar-refractivity contribution < 1.29 is 28.9 Å². The van der Waals surface area contributed by atoms with Gasteiger partial charge in [-0.1, -0.05) is 49.6 Å². The monoisotopic (exact) mass is 557 g/mol. The number of likely N-dealkylation sites (tertiary alicyclic amines) is 1. The summed E-state index contributed by atoms with van der Waals surface area (Å²) in [4.78, 5) is 28.7. The van der Waals surface area contributed by atoms with Crippen LogP contribution in [0.5, 0.6) is 0 Å². The Morgan fingerprint density at radius 2 is 1.85 bits per heavy atom. The summed E-state index contributed by atoms with van der Waals surface area (Å²) in [5.41, 5.74) is 0.668. The molecule has 1 aromatic rings. The van der Waals surface area contributed by atoms with E-state index in [2.05, 4.69) is 15.5 Å². The van der Waals surface area contributed by atoms with Gasteiger partial charge in [-0.15, -0.1) is 0 Å². The van der Waals surface area contributed by atoms with Crippen LogP contribution < -0.4 is 10.6 Å². The van der Waals surface area contributed by atoms with Gasteiger partial charge in [0.15, 0.2) is 6.10 Å². The topological polar surface area (TPSA) is 109 Å². The fraction of sp³-hybridized carbons (Fsp3) is 0.742. The molecule has 4 aliphatic rings. The number of fused-ring (bicyclic) bond motifs is 2. The number of hydrogen-bond acceptors (Lipinski definition) is 7. The fourth-order valence-electron chi connectivity index (χ4n) is 7.00. The lowest BCUT2D eigenvalue weighted by Gasteiger charge is -2.47. The van der Waals surface area contributed by atoms with E-state index in [1.807, 2.05) is 51.1 Å². The fourth-order valence-corrected chi connectivity index (χ4v) is 7.00. The van der Waals surface area contributed by atoms with Crippen molar-refractivity contribution in [1.82, 2.24) is 15.5 Å². The lowest BCUT2D eigenvalue weighted by molar-refractivity contribution is -0.132. The lowest BCUT2D eigenvalue weighted by Crippen LogP contribution is -2.60. The van der Waals surface area contributed by atoms with Crippen LogP contribution in [0.1, 0.15) is 64.9 Å². The molecule has 3 N–H and O–H groups in total. The van der Waals surface area contributed by atoms with E-state index in [4.69, 9.17) is 14.2 Å². The average Bonchev–Trinajstić information content (AvgIpc) is 3.53. The molecule has 2 amide bonds. The van der Waals surface area contributed by atoms with Crippen LogP contribution in [0.3, 0.4) is 0 Å². The maximum absolute atomic E-state index is 13.5. The predicted molar refractivity (Wildman–Crippen MR) is 151 cm³/mol. The van der Waals surface area contributed by atoms with Gasteiger partial charge < -0.3 is 30.0 Å². The van der Waals surface area contributed by atoms with E-state index in [0.717, 1.165) is 31.4 Å². The van der Waals surface area contributed by atoms with Gasteiger partial charge in [-0.05, 0) is 63.9 Å². The van der Waals surface area contributed by atoms with Gasteiger partial charge in [0, 0.05) is 25.2 Å². The summed E-state index contributed by atoms with van der Waals surface area (Å²) in [6, 6.07) is 8.93. The van der Waals surface area contributed by atoms with E-state index in [-0.39, 0.29) is 29.7 Å². The van der Waals surface area contributed by atoms with Gasteiger partial charge in [0.1, 0.15) is 6.10 Å². The number of carbonyl (C=O) groups is 2. The summed E-state index contributed by atoms with van der Waals surface area (Å²) in [7, 11) is 0. The second kappa shape index (κ2) is 12.8. The van der Waals surface area contributed by atoms with Crippen LogP contribution >= 0.6 is 0 Å². The zero-order chi connectivity index (χ0) is 28.3. The highest BCUT2D eigenvalue weighted by atomic mass is 16.6. The van der Waals surface area contributed by atoms with Crippen LogP contribution in [-0.2, 0) is 25.4 Å². The Balaban J connectivity index is 1.29. The van der Waals surface area contributed by atoms with Crippen LogP contribution in [0.2, 0.25) is 0 Å². The van der Waals surface area contributed by atoms with Crippen LogP contribution in [0, 0.1) is 11.8 Å². The molecule has 8 atom stereocenters. The first-order valence-electron chi connectivity index (χ1n) is 15.1. The van der Waals surface area contributed by atoms with Gasteiger partial charge in [-0.3, -0.25) is 9.69 Å². The molecule has 3 aliphatic heterocycles. The molecule has 3 heterocycles. The molecule has 0 aromatic heterocycles. The highest BCUT2D eigenvalue weighted by Gasteiger charge is 2.45. The second-order valence-electron chi connectivity index (χ2n) is 13.2. The molecular formula is C31H47N3O6. The number of amides is 2. The Morgan fingerprint density at radius 1 is 1.10 bits per heavy atom. The molecule has 5 rings (SSSR count). The number of piperidine rings is 1. The standard InChI is InChI=1S/C31H47N3O6/c1-31(2,3)33-29(36)24-16-21-11-7-8-12-22(21)17-34(24)18-25(35)23(15-20-9-5-4-6-10-20)32-30(37)40-27-19-39-26-13-14-38-28(26)27/h4-6,9-10,21-28,35H,7-8,11-19H2,1-3H3,(H,32,37)(H,33,36)/t21-,22+,23-,24-,25+,26+,27+,28-/m0/s1. The molecule has 222 valence electrons. The quantitative estimate of drug-likeness (QED) is 0.451. The van der Waals surface area contributed by atoms with Crippen molar-refractivity contribution in [2.75, 3.05) is 26.3 Å². The highest BCUT2D eigenvalue weighted by molar-refractivity contribution is 5.82. The number of nitrogens with one attached hydrogen (secondary N) is 2. The van der Waals surface area contributed by atoms with E-state index >= 15 is 0 Å². The van der Waals surface area contributed by atoms with Crippen molar-refractivity contribution in [2.24, 2.45) is 11.8 Å². The molecule has 0 spiro atoms. The summed E-state index contributed by atoms with van der Waals surface area (Å²) >= 11 is 0. The Bertz CT molecular complexity index is 1000.